The number of nitrogens with two attached hydrogens (primary N) is 1. The van der Waals surface area contributed by atoms with Crippen LogP contribution in [0.3, 0.4) is 0 Å². The van der Waals surface area contributed by atoms with Crippen molar-refractivity contribution in [1.82, 2.24) is 4.90 Å². The molecule has 18 heavy (non-hydrogen) atoms. The van der Waals surface area contributed by atoms with E-state index in [9.17, 15) is 4.79 Å². The van der Waals surface area contributed by atoms with E-state index >= 15 is 0 Å². The highest BCUT2D eigenvalue weighted by molar-refractivity contribution is 5.76. The summed E-state index contributed by atoms with van der Waals surface area (Å²) in [6.45, 7) is 2.28. The zero-order valence-electron chi connectivity index (χ0n) is 11.0. The largest absolute Gasteiger partial charge is 0.384 e. The number of ether oxygens (including phenoxy) is 1. The third-order valence-electron chi connectivity index (χ3n) is 2.78. The highest BCUT2D eigenvalue weighted by Gasteiger charge is 2.11. The van der Waals surface area contributed by atoms with Gasteiger partial charge in [0.1, 0.15) is 0 Å². The van der Waals surface area contributed by atoms with Gasteiger partial charge in [-0.15, -0.1) is 0 Å². The molecule has 1 aromatic rings. The van der Waals surface area contributed by atoms with Crippen LogP contribution in [-0.4, -0.2) is 44.2 Å². The molecule has 2 N–H and O–H groups in total. The topological polar surface area (TPSA) is 55.6 Å². The number of nitrogens with zero attached hydrogens (tertiary/aromatic N) is 1. The van der Waals surface area contributed by atoms with E-state index in [1.165, 1.54) is 5.56 Å². The smallest absolute Gasteiger partial charge is 0.224 e. The quantitative estimate of drug-likeness (QED) is 0.750. The van der Waals surface area contributed by atoms with Crippen molar-refractivity contribution in [3.8, 4) is 0 Å². The molecular formula is C14H22N2O2. The van der Waals surface area contributed by atoms with Crippen LogP contribution in [0.2, 0.25) is 0 Å². The van der Waals surface area contributed by atoms with E-state index in [-0.39, 0.29) is 5.91 Å². The number of hydrogen-bond acceptors (Lipinski definition) is 3. The van der Waals surface area contributed by atoms with Crippen LogP contribution in [0.5, 0.6) is 0 Å². The summed E-state index contributed by atoms with van der Waals surface area (Å²) in [4.78, 5) is 13.7. The first kappa shape index (κ1) is 14.7. The van der Waals surface area contributed by atoms with Gasteiger partial charge < -0.3 is 15.4 Å². The Balaban J connectivity index is 2.44. The van der Waals surface area contributed by atoms with Gasteiger partial charge >= 0.3 is 0 Å². The Labute approximate surface area is 109 Å². The van der Waals surface area contributed by atoms with Crippen molar-refractivity contribution in [2.75, 3.05) is 33.4 Å². The lowest BCUT2D eigenvalue weighted by Gasteiger charge is -2.22. The Kier molecular flexibility index (Phi) is 7.06. The number of benzene rings is 1. The molecule has 0 saturated carbocycles. The van der Waals surface area contributed by atoms with Crippen molar-refractivity contribution >= 4 is 5.91 Å². The Bertz CT molecular complexity index is 341. The Morgan fingerprint density at radius 3 is 2.61 bits per heavy atom. The van der Waals surface area contributed by atoms with Gasteiger partial charge in [0.25, 0.3) is 0 Å². The van der Waals surface area contributed by atoms with E-state index in [4.69, 9.17) is 10.5 Å². The maximum atomic E-state index is 11.9. The van der Waals surface area contributed by atoms with Crippen LogP contribution in [0.4, 0.5) is 0 Å². The number of methoxy groups -OCH3 is 1. The summed E-state index contributed by atoms with van der Waals surface area (Å²) in [7, 11) is 1.60. The third-order valence-corrected chi connectivity index (χ3v) is 2.78. The van der Waals surface area contributed by atoms with E-state index in [1.807, 2.05) is 23.1 Å². The Hall–Kier alpha value is -1.39. The summed E-state index contributed by atoms with van der Waals surface area (Å²) < 4.78 is 4.92. The number of rotatable bonds is 8. The van der Waals surface area contributed by atoms with Gasteiger partial charge in [-0.2, -0.15) is 0 Å². The van der Waals surface area contributed by atoms with Crippen LogP contribution < -0.4 is 5.73 Å². The zero-order valence-corrected chi connectivity index (χ0v) is 11.0. The molecule has 1 amide bonds. The third kappa shape index (κ3) is 5.29. The lowest BCUT2D eigenvalue weighted by Crippen LogP contribution is -2.37. The monoisotopic (exact) mass is 250 g/mol. The first-order chi connectivity index (χ1) is 8.77. The van der Waals surface area contributed by atoms with E-state index in [0.29, 0.717) is 32.7 Å². The van der Waals surface area contributed by atoms with Gasteiger partial charge in [0.05, 0.1) is 13.0 Å². The average Bonchev–Trinajstić information content (AvgIpc) is 2.42. The lowest BCUT2D eigenvalue weighted by molar-refractivity contribution is -0.132. The summed E-state index contributed by atoms with van der Waals surface area (Å²) in [5.74, 6) is 0.109. The van der Waals surface area contributed by atoms with Gasteiger partial charge in [-0.05, 0) is 12.0 Å². The molecule has 0 aliphatic heterocycles. The highest BCUT2D eigenvalue weighted by Crippen LogP contribution is 2.03. The fourth-order valence-corrected chi connectivity index (χ4v) is 1.77. The molecule has 1 rings (SSSR count). The molecule has 0 spiro atoms. The molecule has 0 saturated heterocycles. The van der Waals surface area contributed by atoms with Crippen molar-refractivity contribution in [2.24, 2.45) is 5.73 Å². The molecule has 0 unspecified atom stereocenters. The minimum absolute atomic E-state index is 0.109. The molecule has 100 valence electrons. The highest BCUT2D eigenvalue weighted by atomic mass is 16.5. The van der Waals surface area contributed by atoms with Crippen LogP contribution in [0, 0.1) is 0 Å². The second-order valence-corrected chi connectivity index (χ2v) is 4.15. The van der Waals surface area contributed by atoms with E-state index in [2.05, 4.69) is 12.1 Å². The first-order valence-electron chi connectivity index (χ1n) is 6.28. The van der Waals surface area contributed by atoms with Crippen molar-refractivity contribution in [2.45, 2.75) is 12.8 Å². The summed E-state index contributed by atoms with van der Waals surface area (Å²) in [5.41, 5.74) is 6.77. The molecule has 0 bridgehead atoms. The minimum atomic E-state index is 0.109. The Morgan fingerprint density at radius 1 is 1.28 bits per heavy atom. The molecule has 4 heteroatoms. The molecule has 0 atom stereocenters. The van der Waals surface area contributed by atoms with Gasteiger partial charge in [0.2, 0.25) is 5.91 Å². The van der Waals surface area contributed by atoms with Gasteiger partial charge in [-0.3, -0.25) is 4.79 Å². The predicted molar refractivity (Wildman–Crippen MR) is 72.3 cm³/mol. The van der Waals surface area contributed by atoms with Gasteiger partial charge in [0.15, 0.2) is 0 Å². The molecule has 0 aliphatic carbocycles. The SMILES string of the molecule is COCCC(=O)N(CCN)CCc1ccccc1. The fraction of sp³-hybridized carbons (Fsp3) is 0.500. The van der Waals surface area contributed by atoms with E-state index in [1.54, 1.807) is 7.11 Å². The molecule has 0 aliphatic rings. The van der Waals surface area contributed by atoms with Crippen LogP contribution >= 0.6 is 0 Å². The fourth-order valence-electron chi connectivity index (χ4n) is 1.77. The predicted octanol–water partition coefficient (Wildman–Crippen LogP) is 1.05. The van der Waals surface area contributed by atoms with Crippen LogP contribution in [0.15, 0.2) is 30.3 Å². The molecule has 1 aromatic carbocycles. The van der Waals surface area contributed by atoms with Crippen LogP contribution in [-0.2, 0) is 16.0 Å². The lowest BCUT2D eigenvalue weighted by atomic mass is 10.1. The number of carbonyl (C=O) groups is 1. The summed E-state index contributed by atoms with van der Waals surface area (Å²) in [6.07, 6.45) is 1.28. The second kappa shape index (κ2) is 8.66. The van der Waals surface area contributed by atoms with Crippen molar-refractivity contribution < 1.29 is 9.53 Å². The molecule has 0 fully saturated rings. The number of amides is 1. The molecular weight excluding hydrogens is 228 g/mol. The molecule has 4 nitrogen and oxygen atoms in total. The van der Waals surface area contributed by atoms with Crippen LogP contribution in [0.25, 0.3) is 0 Å². The van der Waals surface area contributed by atoms with Gasteiger partial charge in [-0.1, -0.05) is 30.3 Å². The normalized spacial score (nSPS) is 10.3. The van der Waals surface area contributed by atoms with Crippen LogP contribution in [0.1, 0.15) is 12.0 Å². The first-order valence-corrected chi connectivity index (χ1v) is 6.28. The van der Waals surface area contributed by atoms with E-state index < -0.39 is 0 Å². The molecule has 0 heterocycles. The molecule has 0 aromatic heterocycles. The minimum Gasteiger partial charge on any atom is -0.384 e. The second-order valence-electron chi connectivity index (χ2n) is 4.15. The Morgan fingerprint density at radius 2 is 2.00 bits per heavy atom. The van der Waals surface area contributed by atoms with Crippen molar-refractivity contribution in [1.29, 1.82) is 0 Å². The van der Waals surface area contributed by atoms with Gasteiger partial charge in [0, 0.05) is 26.7 Å². The average molecular weight is 250 g/mol. The van der Waals surface area contributed by atoms with E-state index in [0.717, 1.165) is 6.42 Å². The maximum Gasteiger partial charge on any atom is 0.224 e. The zero-order chi connectivity index (χ0) is 13.2. The summed E-state index contributed by atoms with van der Waals surface area (Å²) in [5, 5.41) is 0. The summed E-state index contributed by atoms with van der Waals surface area (Å²) >= 11 is 0. The standard InChI is InChI=1S/C14H22N2O2/c1-18-12-8-14(17)16(11-9-15)10-7-13-5-3-2-4-6-13/h2-6H,7-12,15H2,1H3. The maximum absolute atomic E-state index is 11.9. The number of hydrogen-bond donors (Lipinski definition) is 1. The molecule has 0 radical (unpaired) electrons. The number of carbonyl (C=O) groups excluding carboxylic acids is 1. The summed E-state index contributed by atoms with van der Waals surface area (Å²) in [6, 6.07) is 10.1. The van der Waals surface area contributed by atoms with Crippen molar-refractivity contribution in [3.63, 3.8) is 0 Å². The van der Waals surface area contributed by atoms with Gasteiger partial charge in [-0.25, -0.2) is 0 Å². The van der Waals surface area contributed by atoms with Crippen molar-refractivity contribution in [3.05, 3.63) is 35.9 Å².